The third kappa shape index (κ3) is 7.98. The van der Waals surface area contributed by atoms with Crippen molar-refractivity contribution in [3.05, 3.63) is 41.5 Å². The van der Waals surface area contributed by atoms with Crippen LogP contribution in [-0.4, -0.2) is 14.9 Å². The van der Waals surface area contributed by atoms with Crippen LogP contribution in [0.15, 0.2) is 30.3 Å². The fourth-order valence-electron chi connectivity index (χ4n) is 2.16. The molecule has 23 heavy (non-hydrogen) atoms. The van der Waals surface area contributed by atoms with Crippen LogP contribution in [0.2, 0.25) is 18.1 Å². The SMILES string of the molecule is Cc1ccc(/C=C/CCCCCCO[Si](C)(C)C(C)(C)C)cc1. The predicted molar refractivity (Wildman–Crippen MR) is 106 cm³/mol. The lowest BCUT2D eigenvalue weighted by Crippen LogP contribution is -2.40. The van der Waals surface area contributed by atoms with Gasteiger partial charge in [0.25, 0.3) is 0 Å². The van der Waals surface area contributed by atoms with Gasteiger partial charge in [-0.05, 0) is 49.9 Å². The number of aryl methyl sites for hydroxylation is 1. The molecule has 0 unspecified atom stereocenters. The molecule has 0 spiro atoms. The number of hydrogen-bond acceptors (Lipinski definition) is 1. The van der Waals surface area contributed by atoms with E-state index in [-0.39, 0.29) is 0 Å². The average Bonchev–Trinajstić information content (AvgIpc) is 2.46. The summed E-state index contributed by atoms with van der Waals surface area (Å²) in [5, 5.41) is 0.327. The third-order valence-corrected chi connectivity index (χ3v) is 9.46. The Morgan fingerprint density at radius 2 is 1.57 bits per heavy atom. The molecule has 0 N–H and O–H groups in total. The van der Waals surface area contributed by atoms with Crippen LogP contribution >= 0.6 is 0 Å². The summed E-state index contributed by atoms with van der Waals surface area (Å²) in [5.74, 6) is 0. The zero-order valence-corrected chi connectivity index (χ0v) is 17.1. The Hall–Kier alpha value is -0.863. The highest BCUT2D eigenvalue weighted by Crippen LogP contribution is 2.36. The van der Waals surface area contributed by atoms with Gasteiger partial charge in [0.05, 0.1) is 0 Å². The highest BCUT2D eigenvalue weighted by Gasteiger charge is 2.36. The van der Waals surface area contributed by atoms with Crippen LogP contribution in [0.3, 0.4) is 0 Å². The van der Waals surface area contributed by atoms with Crippen LogP contribution in [0.5, 0.6) is 0 Å². The summed E-state index contributed by atoms with van der Waals surface area (Å²) in [6.07, 6.45) is 10.8. The van der Waals surface area contributed by atoms with Crippen LogP contribution in [0.4, 0.5) is 0 Å². The molecule has 1 rings (SSSR count). The minimum absolute atomic E-state index is 0.327. The zero-order valence-electron chi connectivity index (χ0n) is 16.1. The maximum Gasteiger partial charge on any atom is 0.191 e. The standard InChI is InChI=1S/C21H36OSi/c1-19-14-16-20(17-15-19)13-11-9-7-8-10-12-18-22-23(5,6)21(2,3)4/h11,13-17H,7-10,12,18H2,1-6H3/b13-11+. The molecule has 130 valence electrons. The maximum absolute atomic E-state index is 6.21. The van der Waals surface area contributed by atoms with Crippen molar-refractivity contribution in [1.82, 2.24) is 0 Å². The number of rotatable bonds is 9. The Bertz CT molecular complexity index is 466. The van der Waals surface area contributed by atoms with Crippen molar-refractivity contribution < 1.29 is 4.43 Å². The second-order valence-corrected chi connectivity index (χ2v) is 12.9. The molecule has 0 aliphatic heterocycles. The van der Waals surface area contributed by atoms with Crippen LogP contribution < -0.4 is 0 Å². The van der Waals surface area contributed by atoms with Gasteiger partial charge in [0, 0.05) is 6.61 Å². The van der Waals surface area contributed by atoms with E-state index in [1.165, 1.54) is 43.2 Å². The van der Waals surface area contributed by atoms with Crippen molar-refractivity contribution in [2.45, 2.75) is 77.9 Å². The van der Waals surface area contributed by atoms with Crippen LogP contribution in [0.25, 0.3) is 6.08 Å². The lowest BCUT2D eigenvalue weighted by atomic mass is 10.1. The molecule has 2 heteroatoms. The number of unbranched alkanes of at least 4 members (excludes halogenated alkanes) is 4. The molecule has 1 aromatic carbocycles. The molecule has 0 saturated heterocycles. The zero-order chi connectivity index (χ0) is 17.3. The summed E-state index contributed by atoms with van der Waals surface area (Å²) >= 11 is 0. The summed E-state index contributed by atoms with van der Waals surface area (Å²) in [5.41, 5.74) is 2.63. The monoisotopic (exact) mass is 332 g/mol. The molecule has 0 aliphatic rings. The van der Waals surface area contributed by atoms with Gasteiger partial charge in [-0.1, -0.05) is 75.6 Å². The van der Waals surface area contributed by atoms with E-state index < -0.39 is 8.32 Å². The second-order valence-electron chi connectivity index (χ2n) is 8.12. The summed E-state index contributed by atoms with van der Waals surface area (Å²) in [6, 6.07) is 8.71. The molecule has 0 heterocycles. The first-order valence-corrected chi connectivity index (χ1v) is 12.0. The van der Waals surface area contributed by atoms with Crippen molar-refractivity contribution in [1.29, 1.82) is 0 Å². The van der Waals surface area contributed by atoms with Crippen molar-refractivity contribution in [2.24, 2.45) is 0 Å². The average molecular weight is 333 g/mol. The predicted octanol–water partition coefficient (Wildman–Crippen LogP) is 6.98. The molecule has 1 nitrogen and oxygen atoms in total. The Morgan fingerprint density at radius 1 is 0.957 bits per heavy atom. The molecular formula is C21H36OSi. The largest absolute Gasteiger partial charge is 0.417 e. The normalized spacial score (nSPS) is 13.0. The van der Waals surface area contributed by atoms with Crippen LogP contribution in [0, 0.1) is 6.92 Å². The van der Waals surface area contributed by atoms with Crippen molar-refractivity contribution >= 4 is 14.4 Å². The molecule has 0 bridgehead atoms. The number of hydrogen-bond donors (Lipinski definition) is 0. The van der Waals surface area contributed by atoms with Crippen LogP contribution in [0.1, 0.15) is 64.0 Å². The van der Waals surface area contributed by atoms with Gasteiger partial charge in [0.1, 0.15) is 0 Å². The molecule has 0 aromatic heterocycles. The van der Waals surface area contributed by atoms with E-state index in [9.17, 15) is 0 Å². The molecule has 0 radical (unpaired) electrons. The fourth-order valence-corrected chi connectivity index (χ4v) is 3.25. The van der Waals surface area contributed by atoms with E-state index in [1.807, 2.05) is 0 Å². The highest BCUT2D eigenvalue weighted by molar-refractivity contribution is 6.74. The summed E-state index contributed by atoms with van der Waals surface area (Å²) in [6.45, 7) is 14.7. The van der Waals surface area contributed by atoms with Crippen molar-refractivity contribution in [2.75, 3.05) is 6.61 Å². The smallest absolute Gasteiger partial charge is 0.191 e. The molecule has 1 aromatic rings. The van der Waals surface area contributed by atoms with Gasteiger partial charge in [0.15, 0.2) is 8.32 Å². The van der Waals surface area contributed by atoms with E-state index in [0.717, 1.165) is 6.61 Å². The molecule has 0 saturated carbocycles. The van der Waals surface area contributed by atoms with Gasteiger partial charge >= 0.3 is 0 Å². The Morgan fingerprint density at radius 3 is 2.17 bits per heavy atom. The number of allylic oxidation sites excluding steroid dienone is 1. The van der Waals surface area contributed by atoms with Crippen LogP contribution in [-0.2, 0) is 4.43 Å². The van der Waals surface area contributed by atoms with E-state index in [0.29, 0.717) is 5.04 Å². The quantitative estimate of drug-likeness (QED) is 0.350. The topological polar surface area (TPSA) is 9.23 Å². The lowest BCUT2D eigenvalue weighted by Gasteiger charge is -2.36. The Kier molecular flexibility index (Phi) is 8.28. The van der Waals surface area contributed by atoms with Crippen molar-refractivity contribution in [3.8, 4) is 0 Å². The first kappa shape index (κ1) is 20.2. The van der Waals surface area contributed by atoms with Gasteiger partial charge in [-0.3, -0.25) is 0 Å². The minimum atomic E-state index is -1.54. The molecular weight excluding hydrogens is 296 g/mol. The molecule has 0 atom stereocenters. The van der Waals surface area contributed by atoms with E-state index in [4.69, 9.17) is 4.43 Å². The minimum Gasteiger partial charge on any atom is -0.417 e. The van der Waals surface area contributed by atoms with Gasteiger partial charge in [0.2, 0.25) is 0 Å². The Labute approximate surface area is 145 Å². The van der Waals surface area contributed by atoms with E-state index >= 15 is 0 Å². The van der Waals surface area contributed by atoms with Gasteiger partial charge < -0.3 is 4.43 Å². The Balaban J connectivity index is 2.07. The van der Waals surface area contributed by atoms with Gasteiger partial charge in [-0.15, -0.1) is 0 Å². The lowest BCUT2D eigenvalue weighted by molar-refractivity contribution is 0.277. The van der Waals surface area contributed by atoms with Crippen molar-refractivity contribution in [3.63, 3.8) is 0 Å². The number of benzene rings is 1. The van der Waals surface area contributed by atoms with E-state index in [2.05, 4.69) is 77.2 Å². The highest BCUT2D eigenvalue weighted by atomic mass is 28.4. The van der Waals surface area contributed by atoms with Gasteiger partial charge in [-0.25, -0.2) is 0 Å². The molecule has 0 fully saturated rings. The summed E-state index contributed by atoms with van der Waals surface area (Å²) in [7, 11) is -1.54. The van der Waals surface area contributed by atoms with Gasteiger partial charge in [-0.2, -0.15) is 0 Å². The first-order chi connectivity index (χ1) is 10.7. The van der Waals surface area contributed by atoms with E-state index in [1.54, 1.807) is 0 Å². The maximum atomic E-state index is 6.21. The third-order valence-electron chi connectivity index (χ3n) is 4.92. The first-order valence-electron chi connectivity index (χ1n) is 9.09. The fraction of sp³-hybridized carbons (Fsp3) is 0.619. The molecule has 0 aliphatic carbocycles. The second kappa shape index (κ2) is 9.44. The molecule has 0 amide bonds. The summed E-state index contributed by atoms with van der Waals surface area (Å²) < 4.78 is 6.21. The summed E-state index contributed by atoms with van der Waals surface area (Å²) in [4.78, 5) is 0.